The SMILES string of the molecule is CC1(NCc2cn[nH]c2-c2cccs2)CC1. The van der Waals surface area contributed by atoms with E-state index in [9.17, 15) is 0 Å². The van der Waals surface area contributed by atoms with Gasteiger partial charge in [-0.15, -0.1) is 11.3 Å². The molecule has 0 bridgehead atoms. The smallest absolute Gasteiger partial charge is 0.0794 e. The van der Waals surface area contributed by atoms with Gasteiger partial charge >= 0.3 is 0 Å². The zero-order valence-electron chi connectivity index (χ0n) is 9.29. The second kappa shape index (κ2) is 3.71. The third kappa shape index (κ3) is 1.90. The van der Waals surface area contributed by atoms with Crippen LogP contribution in [0, 0.1) is 0 Å². The van der Waals surface area contributed by atoms with Crippen LogP contribution in [0.25, 0.3) is 10.6 Å². The Morgan fingerprint density at radius 2 is 2.44 bits per heavy atom. The molecule has 0 aromatic carbocycles. The summed E-state index contributed by atoms with van der Waals surface area (Å²) in [5.41, 5.74) is 2.80. The summed E-state index contributed by atoms with van der Waals surface area (Å²) < 4.78 is 0. The highest BCUT2D eigenvalue weighted by atomic mass is 32.1. The van der Waals surface area contributed by atoms with Crippen molar-refractivity contribution in [1.82, 2.24) is 15.5 Å². The molecule has 84 valence electrons. The maximum Gasteiger partial charge on any atom is 0.0794 e. The molecule has 0 radical (unpaired) electrons. The maximum atomic E-state index is 4.14. The quantitative estimate of drug-likeness (QED) is 0.852. The molecule has 0 unspecified atom stereocenters. The Balaban J connectivity index is 1.77. The molecule has 0 saturated heterocycles. The second-order valence-corrected chi connectivity index (χ2v) is 5.61. The van der Waals surface area contributed by atoms with Crippen molar-refractivity contribution >= 4 is 11.3 Å². The van der Waals surface area contributed by atoms with E-state index in [-0.39, 0.29) is 0 Å². The fourth-order valence-corrected chi connectivity index (χ4v) is 2.51. The van der Waals surface area contributed by atoms with E-state index in [1.165, 1.54) is 23.3 Å². The van der Waals surface area contributed by atoms with E-state index in [0.717, 1.165) is 12.2 Å². The molecule has 1 saturated carbocycles. The van der Waals surface area contributed by atoms with Gasteiger partial charge in [0.2, 0.25) is 0 Å². The molecule has 4 heteroatoms. The molecule has 2 aromatic heterocycles. The number of nitrogens with one attached hydrogen (secondary N) is 2. The minimum Gasteiger partial charge on any atom is -0.307 e. The number of hydrogen-bond acceptors (Lipinski definition) is 3. The number of H-pyrrole nitrogens is 1. The van der Waals surface area contributed by atoms with Gasteiger partial charge in [0.15, 0.2) is 0 Å². The van der Waals surface area contributed by atoms with Crippen molar-refractivity contribution in [1.29, 1.82) is 0 Å². The van der Waals surface area contributed by atoms with E-state index in [1.807, 2.05) is 6.20 Å². The standard InChI is InChI=1S/C12H15N3S/c1-12(4-5-12)13-7-9-8-14-15-11(9)10-3-2-6-16-10/h2-3,6,8,13H,4-5,7H2,1H3,(H,14,15). The van der Waals surface area contributed by atoms with Crippen LogP contribution in [0.2, 0.25) is 0 Å². The van der Waals surface area contributed by atoms with Crippen molar-refractivity contribution in [2.75, 3.05) is 0 Å². The minimum atomic E-state index is 0.379. The molecular formula is C12H15N3S. The second-order valence-electron chi connectivity index (χ2n) is 4.66. The average molecular weight is 233 g/mol. The van der Waals surface area contributed by atoms with Gasteiger partial charge in [0.05, 0.1) is 16.8 Å². The molecule has 1 aliphatic carbocycles. The van der Waals surface area contributed by atoms with Crippen LogP contribution < -0.4 is 5.32 Å². The molecule has 2 aromatic rings. The van der Waals surface area contributed by atoms with Gasteiger partial charge < -0.3 is 5.32 Å². The van der Waals surface area contributed by atoms with Crippen molar-refractivity contribution in [3.8, 4) is 10.6 Å². The molecule has 0 amide bonds. The predicted octanol–water partition coefficient (Wildman–Crippen LogP) is 2.78. The number of hydrogen-bond donors (Lipinski definition) is 2. The lowest BCUT2D eigenvalue weighted by molar-refractivity contribution is 0.538. The summed E-state index contributed by atoms with van der Waals surface area (Å²) in [7, 11) is 0. The lowest BCUT2D eigenvalue weighted by atomic mass is 10.2. The van der Waals surface area contributed by atoms with Crippen molar-refractivity contribution in [2.24, 2.45) is 0 Å². The van der Waals surface area contributed by atoms with E-state index < -0.39 is 0 Å². The van der Waals surface area contributed by atoms with Gasteiger partial charge in [-0.3, -0.25) is 5.10 Å². The van der Waals surface area contributed by atoms with Gasteiger partial charge in [-0.1, -0.05) is 6.07 Å². The Kier molecular flexibility index (Phi) is 2.33. The number of rotatable bonds is 4. The molecule has 0 atom stereocenters. The topological polar surface area (TPSA) is 40.7 Å². The van der Waals surface area contributed by atoms with E-state index >= 15 is 0 Å². The highest BCUT2D eigenvalue weighted by Gasteiger charge is 2.36. The van der Waals surface area contributed by atoms with Crippen molar-refractivity contribution in [2.45, 2.75) is 31.8 Å². The molecule has 1 aliphatic rings. The maximum absolute atomic E-state index is 4.14. The van der Waals surface area contributed by atoms with Gasteiger partial charge in [0.1, 0.15) is 0 Å². The monoisotopic (exact) mass is 233 g/mol. The van der Waals surface area contributed by atoms with Crippen LogP contribution in [0.3, 0.4) is 0 Å². The molecule has 16 heavy (non-hydrogen) atoms. The predicted molar refractivity (Wildman–Crippen MR) is 66.4 cm³/mol. The third-order valence-corrected chi connectivity index (χ3v) is 4.08. The van der Waals surface area contributed by atoms with Gasteiger partial charge in [0.25, 0.3) is 0 Å². The Labute approximate surface area is 98.9 Å². The fraction of sp³-hybridized carbons (Fsp3) is 0.417. The largest absolute Gasteiger partial charge is 0.307 e. The molecular weight excluding hydrogens is 218 g/mol. The summed E-state index contributed by atoms with van der Waals surface area (Å²) in [5.74, 6) is 0. The number of thiophene rings is 1. The summed E-state index contributed by atoms with van der Waals surface area (Å²) in [6.07, 6.45) is 4.51. The zero-order valence-corrected chi connectivity index (χ0v) is 10.1. The fourth-order valence-electron chi connectivity index (χ4n) is 1.75. The first-order chi connectivity index (χ1) is 7.77. The third-order valence-electron chi connectivity index (χ3n) is 3.19. The van der Waals surface area contributed by atoms with Crippen molar-refractivity contribution in [3.05, 3.63) is 29.3 Å². The number of aromatic amines is 1. The molecule has 3 rings (SSSR count). The highest BCUT2D eigenvalue weighted by Crippen LogP contribution is 2.35. The van der Waals surface area contributed by atoms with Crippen LogP contribution in [0.15, 0.2) is 23.7 Å². The Hall–Kier alpha value is -1.13. The van der Waals surface area contributed by atoms with Crippen LogP contribution in [0.5, 0.6) is 0 Å². The van der Waals surface area contributed by atoms with Crippen LogP contribution in [-0.2, 0) is 6.54 Å². The Morgan fingerprint density at radius 3 is 3.12 bits per heavy atom. The van der Waals surface area contributed by atoms with Crippen molar-refractivity contribution < 1.29 is 0 Å². The molecule has 1 fully saturated rings. The normalized spacial score (nSPS) is 17.6. The zero-order chi connectivity index (χ0) is 11.0. The molecule has 0 aliphatic heterocycles. The Bertz CT molecular complexity index is 468. The minimum absolute atomic E-state index is 0.379. The molecule has 2 N–H and O–H groups in total. The van der Waals surface area contributed by atoms with Crippen LogP contribution >= 0.6 is 11.3 Å². The van der Waals surface area contributed by atoms with Crippen LogP contribution in [0.1, 0.15) is 25.3 Å². The lowest BCUT2D eigenvalue weighted by Crippen LogP contribution is -2.26. The first kappa shape index (κ1) is 10.1. The van der Waals surface area contributed by atoms with E-state index in [4.69, 9.17) is 0 Å². The van der Waals surface area contributed by atoms with Crippen LogP contribution in [-0.4, -0.2) is 15.7 Å². The highest BCUT2D eigenvalue weighted by molar-refractivity contribution is 7.13. The molecule has 0 spiro atoms. The van der Waals surface area contributed by atoms with Crippen LogP contribution in [0.4, 0.5) is 0 Å². The van der Waals surface area contributed by atoms with E-state index in [1.54, 1.807) is 11.3 Å². The molecule has 3 nitrogen and oxygen atoms in total. The van der Waals surface area contributed by atoms with Gasteiger partial charge in [-0.25, -0.2) is 0 Å². The Morgan fingerprint density at radius 1 is 1.56 bits per heavy atom. The summed E-state index contributed by atoms with van der Waals surface area (Å²) in [6, 6.07) is 4.20. The summed E-state index contributed by atoms with van der Waals surface area (Å²) in [6.45, 7) is 3.18. The number of nitrogens with zero attached hydrogens (tertiary/aromatic N) is 1. The first-order valence-corrected chi connectivity index (χ1v) is 6.46. The summed E-state index contributed by atoms with van der Waals surface area (Å²) in [4.78, 5) is 1.26. The van der Waals surface area contributed by atoms with Gasteiger partial charge in [0, 0.05) is 17.6 Å². The van der Waals surface area contributed by atoms with Gasteiger partial charge in [-0.05, 0) is 31.2 Å². The van der Waals surface area contributed by atoms with Gasteiger partial charge in [-0.2, -0.15) is 5.10 Å². The number of aromatic nitrogens is 2. The summed E-state index contributed by atoms with van der Waals surface area (Å²) in [5, 5.41) is 12.9. The average Bonchev–Trinajstić information content (AvgIpc) is 2.80. The van der Waals surface area contributed by atoms with E-state index in [0.29, 0.717) is 5.54 Å². The summed E-state index contributed by atoms with van der Waals surface area (Å²) >= 11 is 1.74. The lowest BCUT2D eigenvalue weighted by Gasteiger charge is -2.10. The van der Waals surface area contributed by atoms with E-state index in [2.05, 4.69) is 40.0 Å². The van der Waals surface area contributed by atoms with Crippen molar-refractivity contribution in [3.63, 3.8) is 0 Å². The molecule has 2 heterocycles. The first-order valence-electron chi connectivity index (χ1n) is 5.58.